The fraction of sp³-hybridized carbons (Fsp3) is 0.385. The Morgan fingerprint density at radius 3 is 3.17 bits per heavy atom. The lowest BCUT2D eigenvalue weighted by Gasteiger charge is -2.11. The summed E-state index contributed by atoms with van der Waals surface area (Å²) in [6, 6.07) is 9.72. The Hall–Kier alpha value is -2.06. The molecule has 1 fully saturated rings. The number of nitrogens with one attached hydrogen (secondary N) is 2. The molecule has 1 aliphatic heterocycles. The van der Waals surface area contributed by atoms with Crippen molar-refractivity contribution in [2.75, 3.05) is 13.2 Å². The van der Waals surface area contributed by atoms with E-state index < -0.39 is 0 Å². The largest absolute Gasteiger partial charge is 0.479 e. The predicted octanol–water partition coefficient (Wildman–Crippen LogP) is 0.567. The summed E-state index contributed by atoms with van der Waals surface area (Å²) in [5.74, 6) is 0.787. The van der Waals surface area contributed by atoms with Crippen LogP contribution in [0.15, 0.2) is 24.3 Å². The Balaban J connectivity index is 1.85. The molecule has 5 nitrogen and oxygen atoms in total. The van der Waals surface area contributed by atoms with Gasteiger partial charge in [-0.15, -0.1) is 0 Å². The fourth-order valence-electron chi connectivity index (χ4n) is 1.87. The third-order valence-electron chi connectivity index (χ3n) is 2.77. The van der Waals surface area contributed by atoms with Gasteiger partial charge in [-0.2, -0.15) is 5.26 Å². The number of carbonyl (C=O) groups excluding carboxylic acids is 1. The van der Waals surface area contributed by atoms with Crippen LogP contribution >= 0.6 is 0 Å². The average molecular weight is 245 g/mol. The molecule has 18 heavy (non-hydrogen) atoms. The van der Waals surface area contributed by atoms with Gasteiger partial charge in [0.25, 0.3) is 0 Å². The normalized spacial score (nSPS) is 18.2. The van der Waals surface area contributed by atoms with E-state index in [0.717, 1.165) is 5.56 Å². The van der Waals surface area contributed by atoms with Crippen LogP contribution in [0.3, 0.4) is 0 Å². The lowest BCUT2D eigenvalue weighted by Crippen LogP contribution is -2.30. The van der Waals surface area contributed by atoms with Crippen LogP contribution in [0.4, 0.5) is 0 Å². The molecule has 1 aromatic carbocycles. The van der Waals surface area contributed by atoms with E-state index in [1.165, 1.54) is 0 Å². The van der Waals surface area contributed by atoms with Crippen LogP contribution in [0.1, 0.15) is 12.0 Å². The number of nitriles is 1. The molecular formula is C13H15N3O2. The first-order valence-corrected chi connectivity index (χ1v) is 5.86. The van der Waals surface area contributed by atoms with Gasteiger partial charge in [0.1, 0.15) is 11.8 Å². The summed E-state index contributed by atoms with van der Waals surface area (Å²) in [6.07, 6.45) is 0.532. The highest BCUT2D eigenvalue weighted by Gasteiger charge is 2.20. The molecule has 1 saturated heterocycles. The smallest absolute Gasteiger partial charge is 0.221 e. The maximum absolute atomic E-state index is 11.0. The maximum Gasteiger partial charge on any atom is 0.221 e. The van der Waals surface area contributed by atoms with Gasteiger partial charge in [-0.1, -0.05) is 12.1 Å². The summed E-state index contributed by atoms with van der Waals surface area (Å²) in [5, 5.41) is 14.5. The van der Waals surface area contributed by atoms with Gasteiger partial charge in [-0.25, -0.2) is 0 Å². The van der Waals surface area contributed by atoms with Crippen molar-refractivity contribution in [3.05, 3.63) is 29.8 Å². The molecule has 2 N–H and O–H groups in total. The van der Waals surface area contributed by atoms with Crippen molar-refractivity contribution in [3.63, 3.8) is 0 Å². The lowest BCUT2D eigenvalue weighted by molar-refractivity contribution is -0.119. The molecule has 0 aliphatic carbocycles. The van der Waals surface area contributed by atoms with Crippen molar-refractivity contribution in [2.24, 2.45) is 0 Å². The summed E-state index contributed by atoms with van der Waals surface area (Å²) in [5.41, 5.74) is 1.07. The molecule has 1 heterocycles. The SMILES string of the molecule is N#CCOc1cccc(CNC2CNC(=O)C2)c1. The second-order valence-electron chi connectivity index (χ2n) is 4.18. The average Bonchev–Trinajstić information content (AvgIpc) is 2.80. The topological polar surface area (TPSA) is 74.2 Å². The third kappa shape index (κ3) is 3.47. The van der Waals surface area contributed by atoms with Crippen LogP contribution in [0, 0.1) is 11.3 Å². The highest BCUT2D eigenvalue weighted by atomic mass is 16.5. The zero-order chi connectivity index (χ0) is 12.8. The van der Waals surface area contributed by atoms with Gasteiger partial charge in [0.2, 0.25) is 5.91 Å². The Labute approximate surface area is 106 Å². The first kappa shape index (κ1) is 12.4. The molecule has 0 radical (unpaired) electrons. The number of nitrogens with zero attached hydrogens (tertiary/aromatic N) is 1. The van der Waals surface area contributed by atoms with Gasteiger partial charge in [-0.05, 0) is 17.7 Å². The van der Waals surface area contributed by atoms with Crippen LogP contribution < -0.4 is 15.4 Å². The van der Waals surface area contributed by atoms with Gasteiger partial charge >= 0.3 is 0 Å². The second kappa shape index (κ2) is 6.03. The van der Waals surface area contributed by atoms with Crippen molar-refractivity contribution in [1.82, 2.24) is 10.6 Å². The molecule has 1 aliphatic rings. The van der Waals surface area contributed by atoms with E-state index in [1.807, 2.05) is 30.3 Å². The quantitative estimate of drug-likeness (QED) is 0.795. The highest BCUT2D eigenvalue weighted by molar-refractivity contribution is 5.78. The number of carbonyl (C=O) groups is 1. The van der Waals surface area contributed by atoms with Gasteiger partial charge < -0.3 is 15.4 Å². The Kier molecular flexibility index (Phi) is 4.15. The number of hydrogen-bond donors (Lipinski definition) is 2. The second-order valence-corrected chi connectivity index (χ2v) is 4.18. The minimum atomic E-state index is 0.0535. The molecule has 0 spiro atoms. The molecule has 1 amide bonds. The van der Waals surface area contributed by atoms with Crippen LogP contribution in [-0.4, -0.2) is 25.1 Å². The standard InChI is InChI=1S/C13H15N3O2/c14-4-5-18-12-3-1-2-10(6-12)8-15-11-7-13(17)16-9-11/h1-3,6,11,15H,5,7-9H2,(H,16,17). The zero-order valence-corrected chi connectivity index (χ0v) is 9.98. The molecule has 5 heteroatoms. The summed E-state index contributed by atoms with van der Waals surface area (Å²) < 4.78 is 5.23. The molecule has 0 saturated carbocycles. The molecule has 1 aromatic rings. The molecule has 2 rings (SSSR count). The van der Waals surface area contributed by atoms with E-state index in [-0.39, 0.29) is 18.6 Å². The number of rotatable bonds is 5. The van der Waals surface area contributed by atoms with E-state index in [1.54, 1.807) is 0 Å². The molecule has 0 bridgehead atoms. The van der Waals surface area contributed by atoms with Crippen molar-refractivity contribution in [3.8, 4) is 11.8 Å². The van der Waals surface area contributed by atoms with Gasteiger partial charge in [0.15, 0.2) is 6.61 Å². The lowest BCUT2D eigenvalue weighted by atomic mass is 10.2. The molecule has 1 unspecified atom stereocenters. The summed E-state index contributed by atoms with van der Waals surface area (Å²) in [4.78, 5) is 11.0. The first-order chi connectivity index (χ1) is 8.78. The predicted molar refractivity (Wildman–Crippen MR) is 65.8 cm³/mol. The van der Waals surface area contributed by atoms with Crippen molar-refractivity contribution in [2.45, 2.75) is 19.0 Å². The van der Waals surface area contributed by atoms with Crippen molar-refractivity contribution >= 4 is 5.91 Å². The molecule has 0 aromatic heterocycles. The number of amides is 1. The van der Waals surface area contributed by atoms with Crippen LogP contribution in [0.5, 0.6) is 5.75 Å². The van der Waals surface area contributed by atoms with E-state index in [9.17, 15) is 4.79 Å². The fourth-order valence-corrected chi connectivity index (χ4v) is 1.87. The van der Waals surface area contributed by atoms with Crippen molar-refractivity contribution in [1.29, 1.82) is 5.26 Å². The van der Waals surface area contributed by atoms with Crippen LogP contribution in [-0.2, 0) is 11.3 Å². The van der Waals surface area contributed by atoms with Gasteiger partial charge in [-0.3, -0.25) is 4.79 Å². The van der Waals surface area contributed by atoms with Crippen LogP contribution in [0.2, 0.25) is 0 Å². The van der Waals surface area contributed by atoms with E-state index >= 15 is 0 Å². The Morgan fingerprint density at radius 1 is 1.56 bits per heavy atom. The summed E-state index contributed by atoms with van der Waals surface area (Å²) in [6.45, 7) is 1.42. The minimum absolute atomic E-state index is 0.0535. The minimum Gasteiger partial charge on any atom is -0.479 e. The third-order valence-corrected chi connectivity index (χ3v) is 2.77. The van der Waals surface area contributed by atoms with E-state index in [0.29, 0.717) is 25.3 Å². The first-order valence-electron chi connectivity index (χ1n) is 5.86. The number of hydrogen-bond acceptors (Lipinski definition) is 4. The maximum atomic E-state index is 11.0. The van der Waals surface area contributed by atoms with Crippen LogP contribution in [0.25, 0.3) is 0 Å². The van der Waals surface area contributed by atoms with Crippen molar-refractivity contribution < 1.29 is 9.53 Å². The Bertz CT molecular complexity index is 468. The summed E-state index contributed by atoms with van der Waals surface area (Å²) in [7, 11) is 0. The zero-order valence-electron chi connectivity index (χ0n) is 9.98. The Morgan fingerprint density at radius 2 is 2.44 bits per heavy atom. The highest BCUT2D eigenvalue weighted by Crippen LogP contribution is 2.13. The number of ether oxygens (including phenoxy) is 1. The van der Waals surface area contributed by atoms with E-state index in [2.05, 4.69) is 10.6 Å². The summed E-state index contributed by atoms with van der Waals surface area (Å²) >= 11 is 0. The molecule has 1 atom stereocenters. The van der Waals surface area contributed by atoms with Gasteiger partial charge in [0.05, 0.1) is 0 Å². The van der Waals surface area contributed by atoms with Gasteiger partial charge in [0, 0.05) is 25.6 Å². The van der Waals surface area contributed by atoms with E-state index in [4.69, 9.17) is 10.00 Å². The molecule has 94 valence electrons. The number of benzene rings is 1. The monoisotopic (exact) mass is 245 g/mol. The molecular weight excluding hydrogens is 230 g/mol.